The number of carbonyl (C=O) groups is 3. The maximum absolute atomic E-state index is 13.2. The smallest absolute Gasteiger partial charge is 0.303 e. The summed E-state index contributed by atoms with van der Waals surface area (Å²) >= 11 is 14.6. The van der Waals surface area contributed by atoms with E-state index in [1.165, 1.54) is 6.92 Å². The minimum absolute atomic E-state index is 0.0326. The third-order valence-corrected chi connectivity index (χ3v) is 10.9. The van der Waals surface area contributed by atoms with E-state index in [1.807, 2.05) is 19.9 Å². The normalized spacial score (nSPS) is 49.6. The van der Waals surface area contributed by atoms with Crippen molar-refractivity contribution in [1.29, 1.82) is 0 Å². The quantitative estimate of drug-likeness (QED) is 0.480. The van der Waals surface area contributed by atoms with Crippen molar-refractivity contribution >= 4 is 40.7 Å². The summed E-state index contributed by atoms with van der Waals surface area (Å²) in [6.07, 6.45) is 6.91. The van der Waals surface area contributed by atoms with Crippen LogP contribution in [0.3, 0.4) is 0 Å². The second-order valence-electron chi connectivity index (χ2n) is 10.9. The summed E-state index contributed by atoms with van der Waals surface area (Å²) in [5, 5.41) is 11.3. The fraction of sp³-hybridized carbons (Fsp3) is 0.720. The molecule has 0 radical (unpaired) electrons. The number of aliphatic hydroxyl groups is 1. The predicted molar refractivity (Wildman–Crippen MR) is 122 cm³/mol. The summed E-state index contributed by atoms with van der Waals surface area (Å²) in [4.78, 5) is 35.8. The molecule has 0 bridgehead atoms. The van der Waals surface area contributed by atoms with Gasteiger partial charge in [0.15, 0.2) is 12.4 Å². The molecule has 5 nitrogen and oxygen atoms in total. The van der Waals surface area contributed by atoms with E-state index in [0.717, 1.165) is 12.0 Å². The van der Waals surface area contributed by atoms with Gasteiger partial charge in [0.1, 0.15) is 5.60 Å². The molecule has 0 aromatic carbocycles. The van der Waals surface area contributed by atoms with Gasteiger partial charge in [0.2, 0.25) is 5.78 Å². The van der Waals surface area contributed by atoms with Crippen LogP contribution in [0.4, 0.5) is 0 Å². The number of hydrogen-bond acceptors (Lipinski definition) is 5. The monoisotopic (exact) mass is 482 g/mol. The van der Waals surface area contributed by atoms with Crippen LogP contribution in [-0.4, -0.2) is 45.1 Å². The van der Waals surface area contributed by atoms with Gasteiger partial charge in [0.25, 0.3) is 0 Å². The van der Waals surface area contributed by atoms with Gasteiger partial charge in [-0.3, -0.25) is 14.4 Å². The summed E-state index contributed by atoms with van der Waals surface area (Å²) in [5.74, 6) is -1.36. The second-order valence-corrected chi connectivity index (χ2v) is 12.0. The van der Waals surface area contributed by atoms with Crippen LogP contribution in [0.5, 0.6) is 0 Å². The Bertz CT molecular complexity index is 943. The van der Waals surface area contributed by atoms with Gasteiger partial charge in [0.05, 0.1) is 10.3 Å². The number of fused-ring (bicyclic) bond motifs is 5. The molecule has 0 aliphatic heterocycles. The molecule has 3 unspecified atom stereocenters. The molecule has 0 spiro atoms. The first-order valence-electron chi connectivity index (χ1n) is 11.4. The van der Waals surface area contributed by atoms with Gasteiger partial charge in [-0.25, -0.2) is 0 Å². The molecule has 1 N–H and O–H groups in total. The van der Waals surface area contributed by atoms with E-state index < -0.39 is 45.0 Å². The average Bonchev–Trinajstić information content (AvgIpc) is 2.91. The third kappa shape index (κ3) is 2.83. The summed E-state index contributed by atoms with van der Waals surface area (Å²) in [7, 11) is 0. The van der Waals surface area contributed by atoms with Gasteiger partial charge in [-0.2, -0.15) is 0 Å². The van der Waals surface area contributed by atoms with Gasteiger partial charge in [-0.1, -0.05) is 39.3 Å². The highest BCUT2D eigenvalue weighted by molar-refractivity contribution is 6.34. The van der Waals surface area contributed by atoms with Gasteiger partial charge in [-0.15, -0.1) is 23.2 Å². The van der Waals surface area contributed by atoms with Crippen LogP contribution >= 0.6 is 23.2 Å². The molecule has 0 heterocycles. The molecule has 0 aromatic rings. The van der Waals surface area contributed by atoms with Crippen LogP contribution in [-0.2, 0) is 19.1 Å². The molecule has 4 aliphatic carbocycles. The molecule has 9 atom stereocenters. The maximum atomic E-state index is 13.2. The van der Waals surface area contributed by atoms with Crippen LogP contribution in [0.1, 0.15) is 53.9 Å². The molecule has 176 valence electrons. The lowest BCUT2D eigenvalue weighted by Gasteiger charge is -2.65. The molecule has 0 saturated heterocycles. The summed E-state index contributed by atoms with van der Waals surface area (Å²) in [5.41, 5.74) is -2.04. The molecule has 0 aromatic heterocycles. The van der Waals surface area contributed by atoms with Crippen LogP contribution < -0.4 is 0 Å². The van der Waals surface area contributed by atoms with Crippen molar-refractivity contribution in [3.63, 3.8) is 0 Å². The van der Waals surface area contributed by atoms with Crippen LogP contribution in [0.15, 0.2) is 23.8 Å². The Hall–Kier alpha value is -1.17. The number of rotatable bonds is 3. The fourth-order valence-corrected chi connectivity index (χ4v) is 8.94. The first kappa shape index (κ1) is 24.0. The lowest BCUT2D eigenvalue weighted by Crippen LogP contribution is -2.68. The molecular formula is C25H32Cl2O5. The Morgan fingerprint density at radius 3 is 2.50 bits per heavy atom. The van der Waals surface area contributed by atoms with Gasteiger partial charge >= 0.3 is 5.97 Å². The van der Waals surface area contributed by atoms with Crippen molar-refractivity contribution in [3.05, 3.63) is 23.8 Å². The van der Waals surface area contributed by atoms with Gasteiger partial charge in [-0.05, 0) is 55.1 Å². The fourth-order valence-electron chi connectivity index (χ4n) is 7.74. The molecule has 4 rings (SSSR count). The number of ketones is 2. The molecule has 7 heteroatoms. The molecule has 3 saturated carbocycles. The van der Waals surface area contributed by atoms with Crippen molar-refractivity contribution in [3.8, 4) is 0 Å². The standard InChI is InChI=1S/C25H32Cl2O5/c1-13-8-19-18-9-14(2)25(31,21(30)12-32-15(3)28)23(18,5)11-20(26)24(19,27)22(4)7-6-16(29)10-17(13)22/h6-7,10,13-14,18-20,31H,8-9,11-12H2,1-5H3/t13?,14?,18-,19-,20?,22-,23-,24-,25-/m0/s1. The minimum Gasteiger partial charge on any atom is -0.458 e. The Morgan fingerprint density at radius 1 is 1.22 bits per heavy atom. The lowest BCUT2D eigenvalue weighted by molar-refractivity contribution is -0.172. The lowest BCUT2D eigenvalue weighted by atomic mass is 9.45. The Balaban J connectivity index is 1.79. The van der Waals surface area contributed by atoms with Gasteiger partial charge in [0, 0.05) is 17.8 Å². The average molecular weight is 483 g/mol. The highest BCUT2D eigenvalue weighted by atomic mass is 35.5. The van der Waals surface area contributed by atoms with Crippen molar-refractivity contribution in [2.45, 2.75) is 69.7 Å². The number of hydrogen-bond donors (Lipinski definition) is 1. The van der Waals surface area contributed by atoms with Crippen LogP contribution in [0, 0.1) is 34.5 Å². The van der Waals surface area contributed by atoms with E-state index in [2.05, 4.69) is 13.8 Å². The minimum atomic E-state index is -1.66. The van der Waals surface area contributed by atoms with Crippen molar-refractivity contribution in [2.24, 2.45) is 34.5 Å². The Labute approximate surface area is 199 Å². The highest BCUT2D eigenvalue weighted by Gasteiger charge is 2.75. The second kappa shape index (κ2) is 7.41. The first-order chi connectivity index (χ1) is 14.7. The van der Waals surface area contributed by atoms with Crippen molar-refractivity contribution in [1.82, 2.24) is 0 Å². The number of halogens is 2. The summed E-state index contributed by atoms with van der Waals surface area (Å²) < 4.78 is 4.97. The topological polar surface area (TPSA) is 80.7 Å². The molecule has 32 heavy (non-hydrogen) atoms. The van der Waals surface area contributed by atoms with Crippen LogP contribution in [0.2, 0.25) is 0 Å². The van der Waals surface area contributed by atoms with Crippen molar-refractivity contribution < 1.29 is 24.2 Å². The van der Waals surface area contributed by atoms with Crippen molar-refractivity contribution in [2.75, 3.05) is 6.61 Å². The summed E-state index contributed by atoms with van der Waals surface area (Å²) in [6, 6.07) is 0. The third-order valence-electron chi connectivity index (χ3n) is 9.34. The van der Waals surface area contributed by atoms with E-state index in [9.17, 15) is 19.5 Å². The number of allylic oxidation sites excluding steroid dienone is 4. The number of alkyl halides is 2. The number of Topliss-reactive ketones (excluding diaryl/α,β-unsaturated/α-hetero) is 1. The predicted octanol–water partition coefficient (Wildman–Crippen LogP) is 4.23. The first-order valence-corrected chi connectivity index (χ1v) is 12.2. The summed E-state index contributed by atoms with van der Waals surface area (Å²) in [6.45, 7) is 8.79. The van der Waals surface area contributed by atoms with E-state index in [1.54, 1.807) is 12.2 Å². The SMILES string of the molecule is CC(=O)OCC(=O)[C@@]1(O)C(C)C[C@H]2[C@@H]3CC(C)C4=CC(=O)C=C[C@]4(C)[C@@]3(Cl)C(Cl)C[C@@]21C. The van der Waals surface area contributed by atoms with E-state index >= 15 is 0 Å². The van der Waals surface area contributed by atoms with E-state index in [0.29, 0.717) is 12.8 Å². The highest BCUT2D eigenvalue weighted by Crippen LogP contribution is 2.72. The largest absolute Gasteiger partial charge is 0.458 e. The van der Waals surface area contributed by atoms with Gasteiger partial charge < -0.3 is 9.84 Å². The number of esters is 1. The Kier molecular flexibility index (Phi) is 5.55. The number of ether oxygens (including phenoxy) is 1. The number of carbonyl (C=O) groups excluding carboxylic acids is 3. The van der Waals surface area contributed by atoms with E-state index in [4.69, 9.17) is 27.9 Å². The zero-order valence-electron chi connectivity index (χ0n) is 19.3. The zero-order chi connectivity index (χ0) is 23.9. The molecule has 3 fully saturated rings. The Morgan fingerprint density at radius 2 is 1.88 bits per heavy atom. The zero-order valence-corrected chi connectivity index (χ0v) is 20.8. The van der Waals surface area contributed by atoms with E-state index in [-0.39, 0.29) is 29.5 Å². The molecular weight excluding hydrogens is 451 g/mol. The molecule has 4 aliphatic rings. The maximum Gasteiger partial charge on any atom is 0.303 e. The van der Waals surface area contributed by atoms with Crippen LogP contribution in [0.25, 0.3) is 0 Å². The molecule has 0 amide bonds.